The van der Waals surface area contributed by atoms with Gasteiger partial charge in [-0.3, -0.25) is 9.69 Å². The number of nitrogens with zero attached hydrogens (tertiary/aromatic N) is 3. The molecule has 4 rings (SSSR count). The van der Waals surface area contributed by atoms with E-state index in [2.05, 4.69) is 17.0 Å². The number of hydrogen-bond acceptors (Lipinski definition) is 4. The van der Waals surface area contributed by atoms with Gasteiger partial charge in [-0.05, 0) is 55.5 Å². The number of ether oxygens (including phenoxy) is 1. The van der Waals surface area contributed by atoms with Crippen molar-refractivity contribution in [1.82, 2.24) is 0 Å². The Kier molecular flexibility index (Phi) is 5.04. The van der Waals surface area contributed by atoms with E-state index in [-0.39, 0.29) is 11.9 Å². The molecule has 1 unspecified atom stereocenters. The Morgan fingerprint density at radius 2 is 1.67 bits per heavy atom. The molecule has 2 aliphatic heterocycles. The van der Waals surface area contributed by atoms with Crippen molar-refractivity contribution < 1.29 is 9.53 Å². The Hall–Kier alpha value is -2.15. The van der Waals surface area contributed by atoms with Crippen LogP contribution in [0.5, 0.6) is 0 Å². The predicted octanol–water partition coefficient (Wildman–Crippen LogP) is 3.70. The van der Waals surface area contributed by atoms with Gasteiger partial charge < -0.3 is 14.5 Å². The van der Waals surface area contributed by atoms with E-state index in [4.69, 9.17) is 28.6 Å². The number of carbonyl (C=O) groups is 1. The first kappa shape index (κ1) is 18.2. The lowest BCUT2D eigenvalue weighted by molar-refractivity contribution is -0.117. The third-order valence-electron chi connectivity index (χ3n) is 4.96. The summed E-state index contributed by atoms with van der Waals surface area (Å²) in [4.78, 5) is 18.6. The molecule has 27 heavy (non-hydrogen) atoms. The van der Waals surface area contributed by atoms with Crippen LogP contribution in [0.15, 0.2) is 48.5 Å². The molecule has 2 aliphatic rings. The van der Waals surface area contributed by atoms with E-state index in [1.165, 1.54) is 4.90 Å². The van der Waals surface area contributed by atoms with Crippen molar-refractivity contribution in [1.29, 1.82) is 0 Å². The van der Waals surface area contributed by atoms with E-state index < -0.39 is 0 Å². The molecule has 2 heterocycles. The smallest absolute Gasteiger partial charge is 0.256 e. The van der Waals surface area contributed by atoms with Crippen LogP contribution in [-0.2, 0) is 9.53 Å². The van der Waals surface area contributed by atoms with Gasteiger partial charge in [0.2, 0.25) is 0 Å². The fourth-order valence-electron chi connectivity index (χ4n) is 3.50. The Labute approximate surface area is 169 Å². The summed E-state index contributed by atoms with van der Waals surface area (Å²) in [5, 5.41) is 0.949. The summed E-state index contributed by atoms with van der Waals surface area (Å²) >= 11 is 11.9. The zero-order valence-corrected chi connectivity index (χ0v) is 16.5. The van der Waals surface area contributed by atoms with E-state index in [1.54, 1.807) is 6.07 Å². The summed E-state index contributed by atoms with van der Waals surface area (Å²) in [5.41, 5.74) is 2.66. The molecule has 0 spiro atoms. The van der Waals surface area contributed by atoms with Crippen molar-refractivity contribution in [2.24, 2.45) is 0 Å². The van der Waals surface area contributed by atoms with Crippen LogP contribution in [0.2, 0.25) is 5.02 Å². The number of halogens is 1. The zero-order valence-electron chi connectivity index (χ0n) is 15.0. The lowest BCUT2D eigenvalue weighted by Crippen LogP contribution is -2.36. The molecule has 2 fully saturated rings. The van der Waals surface area contributed by atoms with E-state index in [0.717, 1.165) is 37.7 Å². The molecular weight excluding hydrogens is 382 g/mol. The van der Waals surface area contributed by atoms with Crippen LogP contribution in [0.25, 0.3) is 0 Å². The van der Waals surface area contributed by atoms with Crippen LogP contribution in [0.1, 0.15) is 6.92 Å². The van der Waals surface area contributed by atoms with Gasteiger partial charge in [-0.1, -0.05) is 23.7 Å². The molecule has 0 aliphatic carbocycles. The molecule has 0 radical (unpaired) electrons. The first-order valence-corrected chi connectivity index (χ1v) is 9.71. The summed E-state index contributed by atoms with van der Waals surface area (Å²) < 4.78 is 5.41. The number of thiocarbonyl (C=S) groups is 1. The van der Waals surface area contributed by atoms with Crippen LogP contribution in [0.4, 0.5) is 17.1 Å². The predicted molar refractivity (Wildman–Crippen MR) is 113 cm³/mol. The van der Waals surface area contributed by atoms with Crippen LogP contribution in [0, 0.1) is 0 Å². The first-order valence-electron chi connectivity index (χ1n) is 8.92. The average Bonchev–Trinajstić information content (AvgIpc) is 2.92. The van der Waals surface area contributed by atoms with Gasteiger partial charge in [0.1, 0.15) is 6.04 Å². The molecule has 2 aromatic carbocycles. The summed E-state index contributed by atoms with van der Waals surface area (Å²) in [5.74, 6) is -0.0784. The highest BCUT2D eigenvalue weighted by Crippen LogP contribution is 2.34. The summed E-state index contributed by atoms with van der Waals surface area (Å²) in [7, 11) is 0. The van der Waals surface area contributed by atoms with Crippen LogP contribution >= 0.6 is 23.8 Å². The molecule has 1 atom stereocenters. The third-order valence-corrected chi connectivity index (χ3v) is 5.66. The molecule has 0 bridgehead atoms. The van der Waals surface area contributed by atoms with E-state index >= 15 is 0 Å². The maximum atomic E-state index is 12.9. The largest absolute Gasteiger partial charge is 0.378 e. The van der Waals surface area contributed by atoms with Gasteiger partial charge >= 0.3 is 0 Å². The number of carbonyl (C=O) groups excluding carboxylic acids is 1. The van der Waals surface area contributed by atoms with E-state index in [0.29, 0.717) is 15.8 Å². The van der Waals surface area contributed by atoms with Crippen molar-refractivity contribution in [2.75, 3.05) is 41.0 Å². The van der Waals surface area contributed by atoms with Crippen molar-refractivity contribution in [2.45, 2.75) is 13.0 Å². The van der Waals surface area contributed by atoms with Crippen LogP contribution < -0.4 is 14.7 Å². The molecule has 7 heteroatoms. The van der Waals surface area contributed by atoms with Gasteiger partial charge in [0.15, 0.2) is 5.11 Å². The van der Waals surface area contributed by atoms with Gasteiger partial charge in [0.25, 0.3) is 5.91 Å². The molecular formula is C20H20ClN3O2S. The number of amides is 1. The second-order valence-electron chi connectivity index (χ2n) is 6.57. The van der Waals surface area contributed by atoms with Crippen molar-refractivity contribution >= 4 is 51.9 Å². The number of benzene rings is 2. The van der Waals surface area contributed by atoms with Crippen molar-refractivity contribution in [3.05, 3.63) is 53.6 Å². The molecule has 2 saturated heterocycles. The third kappa shape index (κ3) is 3.29. The Balaban J connectivity index is 1.61. The highest BCUT2D eigenvalue weighted by molar-refractivity contribution is 7.81. The minimum atomic E-state index is -0.386. The quantitative estimate of drug-likeness (QED) is 0.733. The summed E-state index contributed by atoms with van der Waals surface area (Å²) in [6.07, 6.45) is 0. The molecule has 2 aromatic rings. The molecule has 5 nitrogen and oxygen atoms in total. The maximum Gasteiger partial charge on any atom is 0.256 e. The molecule has 140 valence electrons. The number of morpholine rings is 1. The molecule has 0 aromatic heterocycles. The van der Waals surface area contributed by atoms with Crippen LogP contribution in [-0.4, -0.2) is 43.4 Å². The minimum Gasteiger partial charge on any atom is -0.378 e. The molecule has 0 N–H and O–H groups in total. The number of para-hydroxylation sites is 1. The van der Waals surface area contributed by atoms with Crippen molar-refractivity contribution in [3.63, 3.8) is 0 Å². The lowest BCUT2D eigenvalue weighted by atomic mass is 10.2. The lowest BCUT2D eigenvalue weighted by Gasteiger charge is -2.29. The number of rotatable bonds is 3. The van der Waals surface area contributed by atoms with Gasteiger partial charge in [0, 0.05) is 24.5 Å². The standard InChI is InChI=1S/C20H20ClN3O2S/c1-14-19(25)24(18-5-3-2-4-17(18)21)20(27)23(14)16-8-6-15(7-9-16)22-10-12-26-13-11-22/h2-9,14H,10-13H2,1H3. The number of anilines is 3. The minimum absolute atomic E-state index is 0.0784. The monoisotopic (exact) mass is 401 g/mol. The van der Waals surface area contributed by atoms with Gasteiger partial charge in [-0.25, -0.2) is 0 Å². The second kappa shape index (κ2) is 7.46. The fourth-order valence-corrected chi connectivity index (χ4v) is 4.17. The normalized spacial score (nSPS) is 20.5. The van der Waals surface area contributed by atoms with Crippen molar-refractivity contribution in [3.8, 4) is 0 Å². The second-order valence-corrected chi connectivity index (χ2v) is 7.34. The molecule has 0 saturated carbocycles. The van der Waals surface area contributed by atoms with E-state index in [1.807, 2.05) is 42.2 Å². The van der Waals surface area contributed by atoms with Gasteiger partial charge in [0.05, 0.1) is 23.9 Å². The van der Waals surface area contributed by atoms with Gasteiger partial charge in [-0.2, -0.15) is 0 Å². The fraction of sp³-hybridized carbons (Fsp3) is 0.300. The zero-order chi connectivity index (χ0) is 19.0. The Bertz CT molecular complexity index is 868. The van der Waals surface area contributed by atoms with Crippen LogP contribution in [0.3, 0.4) is 0 Å². The SMILES string of the molecule is CC1C(=O)N(c2ccccc2Cl)C(=S)N1c1ccc(N2CCOCC2)cc1. The number of hydrogen-bond donors (Lipinski definition) is 0. The highest BCUT2D eigenvalue weighted by Gasteiger charge is 2.41. The highest BCUT2D eigenvalue weighted by atomic mass is 35.5. The molecule has 1 amide bonds. The Morgan fingerprint density at radius 3 is 2.33 bits per heavy atom. The first-order chi connectivity index (χ1) is 13.1. The summed E-state index contributed by atoms with van der Waals surface area (Å²) in [6, 6.07) is 15.0. The van der Waals surface area contributed by atoms with E-state index in [9.17, 15) is 4.79 Å². The summed E-state index contributed by atoms with van der Waals surface area (Å²) in [6.45, 7) is 5.13. The van der Waals surface area contributed by atoms with Gasteiger partial charge in [-0.15, -0.1) is 0 Å². The average molecular weight is 402 g/mol. The Morgan fingerprint density at radius 1 is 1.04 bits per heavy atom. The topological polar surface area (TPSA) is 36.0 Å². The maximum absolute atomic E-state index is 12.9.